The summed E-state index contributed by atoms with van der Waals surface area (Å²) in [6, 6.07) is 4.69. The van der Waals surface area contributed by atoms with Crippen LogP contribution in [0.25, 0.3) is 0 Å². The van der Waals surface area contributed by atoms with Crippen molar-refractivity contribution >= 4 is 44.9 Å². The number of anilines is 1. The third-order valence-corrected chi connectivity index (χ3v) is 5.62. The molecule has 0 saturated heterocycles. The molecule has 8 nitrogen and oxygen atoms in total. The average Bonchev–Trinajstić information content (AvgIpc) is 2.59. The van der Waals surface area contributed by atoms with Gasteiger partial charge in [-0.15, -0.1) is 0 Å². The average molecular weight is 436 g/mol. The standard InChI is InChI=1S/C16H15Cl2NO7S/c1-24-12-4-8(5-13(25-2)15(12)26-3)19-27(22,23)14-6-9(16(20)21)10(17)7-11(14)18/h4-7,19H,1-3H3,(H,20,21). The number of aromatic carboxylic acids is 1. The van der Waals surface area contributed by atoms with Crippen molar-refractivity contribution < 1.29 is 32.5 Å². The van der Waals surface area contributed by atoms with E-state index in [0.29, 0.717) is 0 Å². The molecule has 27 heavy (non-hydrogen) atoms. The number of benzene rings is 2. The van der Waals surface area contributed by atoms with Crippen molar-refractivity contribution in [3.63, 3.8) is 0 Å². The number of sulfonamides is 1. The van der Waals surface area contributed by atoms with Crippen LogP contribution in [0.5, 0.6) is 17.2 Å². The lowest BCUT2D eigenvalue weighted by molar-refractivity contribution is 0.0697. The molecule has 0 bridgehead atoms. The van der Waals surface area contributed by atoms with Gasteiger partial charge in [-0.2, -0.15) is 0 Å². The largest absolute Gasteiger partial charge is 0.493 e. The minimum absolute atomic E-state index is 0.0902. The maximum atomic E-state index is 12.7. The van der Waals surface area contributed by atoms with Crippen molar-refractivity contribution in [1.82, 2.24) is 0 Å². The van der Waals surface area contributed by atoms with Crippen LogP contribution in [0.4, 0.5) is 5.69 Å². The first-order valence-corrected chi connectivity index (χ1v) is 9.43. The molecule has 146 valence electrons. The molecule has 0 fully saturated rings. The van der Waals surface area contributed by atoms with Crippen molar-refractivity contribution in [2.45, 2.75) is 4.90 Å². The number of hydrogen-bond donors (Lipinski definition) is 2. The van der Waals surface area contributed by atoms with Gasteiger partial charge in [0.15, 0.2) is 11.5 Å². The van der Waals surface area contributed by atoms with Gasteiger partial charge in [-0.3, -0.25) is 4.72 Å². The first-order chi connectivity index (χ1) is 12.6. The monoisotopic (exact) mass is 435 g/mol. The van der Waals surface area contributed by atoms with E-state index in [1.165, 1.54) is 33.5 Å². The summed E-state index contributed by atoms with van der Waals surface area (Å²) in [7, 11) is -0.0748. The van der Waals surface area contributed by atoms with E-state index in [4.69, 9.17) is 42.5 Å². The van der Waals surface area contributed by atoms with Gasteiger partial charge in [0, 0.05) is 12.1 Å². The quantitative estimate of drug-likeness (QED) is 0.683. The lowest BCUT2D eigenvalue weighted by atomic mass is 10.2. The highest BCUT2D eigenvalue weighted by Crippen LogP contribution is 2.40. The summed E-state index contributed by atoms with van der Waals surface area (Å²) in [6.45, 7) is 0. The Morgan fingerprint density at radius 2 is 1.52 bits per heavy atom. The first kappa shape index (κ1) is 20.9. The van der Waals surface area contributed by atoms with E-state index >= 15 is 0 Å². The van der Waals surface area contributed by atoms with Crippen molar-refractivity contribution in [3.05, 3.63) is 39.9 Å². The summed E-state index contributed by atoms with van der Waals surface area (Å²) in [5.74, 6) is -0.660. The molecule has 11 heteroatoms. The molecule has 0 atom stereocenters. The molecular formula is C16H15Cl2NO7S. The van der Waals surface area contributed by atoms with Crippen LogP contribution < -0.4 is 18.9 Å². The fraction of sp³-hybridized carbons (Fsp3) is 0.188. The fourth-order valence-corrected chi connectivity index (χ4v) is 4.14. The summed E-state index contributed by atoms with van der Waals surface area (Å²) >= 11 is 11.7. The lowest BCUT2D eigenvalue weighted by Crippen LogP contribution is -2.15. The molecule has 2 rings (SSSR count). The molecule has 2 aromatic carbocycles. The second kappa shape index (κ2) is 8.12. The van der Waals surface area contributed by atoms with E-state index in [-0.39, 0.29) is 33.0 Å². The number of carbonyl (C=O) groups is 1. The number of carboxylic acids is 1. The Bertz CT molecular complexity index is 967. The van der Waals surface area contributed by atoms with Gasteiger partial charge < -0.3 is 19.3 Å². The van der Waals surface area contributed by atoms with Gasteiger partial charge in [-0.1, -0.05) is 23.2 Å². The van der Waals surface area contributed by atoms with Crippen LogP contribution >= 0.6 is 23.2 Å². The Morgan fingerprint density at radius 1 is 0.963 bits per heavy atom. The molecule has 0 aromatic heterocycles. The van der Waals surface area contributed by atoms with E-state index < -0.39 is 26.5 Å². The van der Waals surface area contributed by atoms with Gasteiger partial charge in [0.25, 0.3) is 10.0 Å². The Labute approximate surface area is 165 Å². The molecule has 2 aromatic rings. The van der Waals surface area contributed by atoms with Gasteiger partial charge in [0.2, 0.25) is 5.75 Å². The maximum Gasteiger partial charge on any atom is 0.337 e. The molecule has 0 amide bonds. The van der Waals surface area contributed by atoms with E-state index in [0.717, 1.165) is 12.1 Å². The molecule has 0 aliphatic rings. The van der Waals surface area contributed by atoms with Crippen molar-refractivity contribution in [2.75, 3.05) is 26.1 Å². The van der Waals surface area contributed by atoms with Gasteiger partial charge in [-0.25, -0.2) is 13.2 Å². The van der Waals surface area contributed by atoms with Crippen LogP contribution in [0.2, 0.25) is 10.0 Å². The number of nitrogens with one attached hydrogen (secondary N) is 1. The molecule has 0 spiro atoms. The molecule has 0 aliphatic heterocycles. The van der Waals surface area contributed by atoms with E-state index in [1.54, 1.807) is 0 Å². The first-order valence-electron chi connectivity index (χ1n) is 7.19. The summed E-state index contributed by atoms with van der Waals surface area (Å²) in [4.78, 5) is 10.8. The topological polar surface area (TPSA) is 111 Å². The number of ether oxygens (including phenoxy) is 3. The van der Waals surface area contributed by atoms with Crippen molar-refractivity contribution in [2.24, 2.45) is 0 Å². The SMILES string of the molecule is COc1cc(NS(=O)(=O)c2cc(C(=O)O)c(Cl)cc2Cl)cc(OC)c1OC. The number of rotatable bonds is 7. The molecular weight excluding hydrogens is 421 g/mol. The summed E-state index contributed by atoms with van der Waals surface area (Å²) < 4.78 is 43.2. The molecule has 0 radical (unpaired) electrons. The Morgan fingerprint density at radius 3 is 1.96 bits per heavy atom. The third kappa shape index (κ3) is 4.32. The lowest BCUT2D eigenvalue weighted by Gasteiger charge is -2.16. The zero-order chi connectivity index (χ0) is 20.4. The highest BCUT2D eigenvalue weighted by molar-refractivity contribution is 7.92. The smallest absolute Gasteiger partial charge is 0.337 e. The normalized spacial score (nSPS) is 11.0. The number of halogens is 2. The highest BCUT2D eigenvalue weighted by Gasteiger charge is 2.24. The molecule has 0 aliphatic carbocycles. The van der Waals surface area contributed by atoms with Crippen LogP contribution in [-0.2, 0) is 10.0 Å². The van der Waals surface area contributed by atoms with Crippen LogP contribution in [0.1, 0.15) is 10.4 Å². The Kier molecular flexibility index (Phi) is 6.30. The Hall–Kier alpha value is -2.36. The maximum absolute atomic E-state index is 12.7. The van der Waals surface area contributed by atoms with E-state index in [9.17, 15) is 13.2 Å². The second-order valence-corrected chi connectivity index (χ2v) is 7.55. The van der Waals surface area contributed by atoms with Crippen molar-refractivity contribution in [3.8, 4) is 17.2 Å². The van der Waals surface area contributed by atoms with Crippen LogP contribution in [0.15, 0.2) is 29.2 Å². The second-order valence-electron chi connectivity index (χ2n) is 5.09. The van der Waals surface area contributed by atoms with Crippen molar-refractivity contribution in [1.29, 1.82) is 0 Å². The zero-order valence-corrected chi connectivity index (χ0v) is 16.7. The molecule has 0 unspecified atom stereocenters. The molecule has 0 saturated carbocycles. The minimum atomic E-state index is -4.24. The number of methoxy groups -OCH3 is 3. The fourth-order valence-electron chi connectivity index (χ4n) is 2.25. The third-order valence-electron chi connectivity index (χ3n) is 3.46. The van der Waals surface area contributed by atoms with Gasteiger partial charge in [0.05, 0.1) is 42.6 Å². The van der Waals surface area contributed by atoms with Gasteiger partial charge >= 0.3 is 5.97 Å². The molecule has 0 heterocycles. The zero-order valence-electron chi connectivity index (χ0n) is 14.4. The minimum Gasteiger partial charge on any atom is -0.493 e. The summed E-state index contributed by atoms with van der Waals surface area (Å²) in [5.41, 5.74) is -0.307. The Balaban J connectivity index is 2.54. The predicted octanol–water partition coefficient (Wildman–Crippen LogP) is 3.52. The van der Waals surface area contributed by atoms with Crippen LogP contribution in [0.3, 0.4) is 0 Å². The predicted molar refractivity (Wildman–Crippen MR) is 100 cm³/mol. The van der Waals surface area contributed by atoms with E-state index in [2.05, 4.69) is 4.72 Å². The van der Waals surface area contributed by atoms with E-state index in [1.807, 2.05) is 0 Å². The van der Waals surface area contributed by atoms with Crippen LogP contribution in [-0.4, -0.2) is 40.8 Å². The van der Waals surface area contributed by atoms with Gasteiger partial charge in [-0.05, 0) is 12.1 Å². The molecule has 2 N–H and O–H groups in total. The summed E-state index contributed by atoms with van der Waals surface area (Å²) in [5, 5.41) is 8.73. The highest BCUT2D eigenvalue weighted by atomic mass is 35.5. The van der Waals surface area contributed by atoms with Gasteiger partial charge in [0.1, 0.15) is 4.90 Å². The van der Waals surface area contributed by atoms with Crippen LogP contribution in [0, 0.1) is 0 Å². The summed E-state index contributed by atoms with van der Waals surface area (Å²) in [6.07, 6.45) is 0. The number of carboxylic acid groups (broad SMARTS) is 1. The number of hydrogen-bond acceptors (Lipinski definition) is 6.